The van der Waals surface area contributed by atoms with E-state index in [1.54, 1.807) is 0 Å². The second-order valence-electron chi connectivity index (χ2n) is 4.20. The van der Waals surface area contributed by atoms with Crippen LogP contribution in [0.3, 0.4) is 0 Å². The van der Waals surface area contributed by atoms with Gasteiger partial charge in [-0.2, -0.15) is 0 Å². The number of nitrogens with zero attached hydrogens (tertiary/aromatic N) is 1. The predicted molar refractivity (Wildman–Crippen MR) is 74.1 cm³/mol. The molecule has 0 bridgehead atoms. The highest BCUT2D eigenvalue weighted by Crippen LogP contribution is 1.84. The van der Waals surface area contributed by atoms with E-state index in [1.807, 2.05) is 17.2 Å². The highest BCUT2D eigenvalue weighted by atomic mass is 16.5. The second kappa shape index (κ2) is 8.39. The monoisotopic (exact) mass is 312 g/mol. The summed E-state index contributed by atoms with van der Waals surface area (Å²) in [5, 5.41) is 4.38. The topological polar surface area (TPSA) is 139 Å². The van der Waals surface area contributed by atoms with Gasteiger partial charge in [0.05, 0.1) is 0 Å². The number of ether oxygens (including phenoxy) is 1. The maximum Gasteiger partial charge on any atom is 0.328 e. The number of H-pyrrole nitrogens is 1. The van der Waals surface area contributed by atoms with Crippen molar-refractivity contribution in [2.24, 2.45) is 0 Å². The van der Waals surface area contributed by atoms with Crippen LogP contribution in [-0.4, -0.2) is 40.6 Å². The molecule has 1 rings (SSSR count). The molecule has 1 aromatic heterocycles. The summed E-state index contributed by atoms with van der Waals surface area (Å²) in [6, 6.07) is 0.388. The van der Waals surface area contributed by atoms with Gasteiger partial charge in [0.2, 0.25) is 0 Å². The molecule has 0 saturated carbocycles. The molecule has 22 heavy (non-hydrogen) atoms. The number of carbonyl (C=O) groups excluding carboxylic acids is 3. The molecular formula is C12H16N4O6. The van der Waals surface area contributed by atoms with Crippen molar-refractivity contribution in [2.45, 2.75) is 19.9 Å². The van der Waals surface area contributed by atoms with E-state index in [4.69, 9.17) is 0 Å². The summed E-state index contributed by atoms with van der Waals surface area (Å²) in [6.45, 7) is 1.14. The van der Waals surface area contributed by atoms with Crippen LogP contribution >= 0.6 is 0 Å². The Hall–Kier alpha value is -2.91. The first-order valence-electron chi connectivity index (χ1n) is 6.45. The summed E-state index contributed by atoms with van der Waals surface area (Å²) in [7, 11) is 0. The van der Waals surface area contributed by atoms with Crippen molar-refractivity contribution in [2.75, 3.05) is 13.2 Å². The van der Waals surface area contributed by atoms with E-state index < -0.39 is 42.3 Å². The number of hydrogen-bond acceptors (Lipinski definition) is 6. The van der Waals surface area contributed by atoms with Crippen LogP contribution in [0.1, 0.15) is 13.3 Å². The summed E-state index contributed by atoms with van der Waals surface area (Å²) >= 11 is 0. The third-order valence-electron chi connectivity index (χ3n) is 2.35. The molecule has 0 aliphatic carbocycles. The smallest absolute Gasteiger partial charge is 0.328 e. The van der Waals surface area contributed by atoms with E-state index in [-0.39, 0.29) is 0 Å². The molecule has 0 atom stereocenters. The summed E-state index contributed by atoms with van der Waals surface area (Å²) in [4.78, 5) is 58.1. The van der Waals surface area contributed by atoms with Crippen molar-refractivity contribution in [1.82, 2.24) is 20.2 Å². The molecule has 1 aromatic rings. The Morgan fingerprint density at radius 1 is 1.32 bits per heavy atom. The van der Waals surface area contributed by atoms with Gasteiger partial charge in [0.15, 0.2) is 6.61 Å². The lowest BCUT2D eigenvalue weighted by Gasteiger charge is -2.07. The lowest BCUT2D eigenvalue weighted by Crippen LogP contribution is -2.42. The van der Waals surface area contributed by atoms with Gasteiger partial charge >= 0.3 is 17.7 Å². The molecule has 10 nitrogen and oxygen atoms in total. The van der Waals surface area contributed by atoms with Crippen molar-refractivity contribution in [3.63, 3.8) is 0 Å². The Labute approximate surface area is 124 Å². The van der Waals surface area contributed by atoms with Crippen molar-refractivity contribution in [3.05, 3.63) is 33.1 Å². The van der Waals surface area contributed by atoms with Crippen LogP contribution in [0.4, 0.5) is 4.79 Å². The van der Waals surface area contributed by atoms with Crippen LogP contribution in [0.2, 0.25) is 0 Å². The summed E-state index contributed by atoms with van der Waals surface area (Å²) in [5.74, 6) is -1.66. The first-order valence-corrected chi connectivity index (χ1v) is 6.45. The second-order valence-corrected chi connectivity index (χ2v) is 4.20. The third kappa shape index (κ3) is 6.03. The minimum absolute atomic E-state index is 0.411. The van der Waals surface area contributed by atoms with Gasteiger partial charge in [-0.15, -0.1) is 0 Å². The fraction of sp³-hybridized carbons (Fsp3) is 0.417. The number of aromatic nitrogens is 2. The fourth-order valence-corrected chi connectivity index (χ4v) is 1.34. The Kier molecular flexibility index (Phi) is 6.54. The number of imide groups is 1. The van der Waals surface area contributed by atoms with E-state index in [9.17, 15) is 24.0 Å². The number of amides is 3. The van der Waals surface area contributed by atoms with E-state index in [0.717, 1.165) is 16.8 Å². The fourth-order valence-electron chi connectivity index (χ4n) is 1.34. The van der Waals surface area contributed by atoms with Crippen LogP contribution in [0, 0.1) is 0 Å². The average Bonchev–Trinajstić information content (AvgIpc) is 2.46. The molecule has 0 radical (unpaired) electrons. The minimum atomic E-state index is -0.863. The normalized spacial score (nSPS) is 9.86. The predicted octanol–water partition coefficient (Wildman–Crippen LogP) is -1.68. The number of esters is 1. The van der Waals surface area contributed by atoms with Crippen LogP contribution in [0.25, 0.3) is 0 Å². The van der Waals surface area contributed by atoms with Gasteiger partial charge in [0.1, 0.15) is 6.54 Å². The number of hydrogen-bond donors (Lipinski definition) is 3. The number of aromatic amines is 1. The zero-order chi connectivity index (χ0) is 16.5. The maximum atomic E-state index is 11.5. The van der Waals surface area contributed by atoms with Crippen LogP contribution < -0.4 is 21.9 Å². The van der Waals surface area contributed by atoms with Gasteiger partial charge in [-0.25, -0.2) is 9.59 Å². The summed E-state index contributed by atoms with van der Waals surface area (Å²) in [6.07, 6.45) is 1.84. The van der Waals surface area contributed by atoms with Crippen molar-refractivity contribution in [1.29, 1.82) is 0 Å². The molecule has 3 amide bonds. The van der Waals surface area contributed by atoms with Gasteiger partial charge in [-0.05, 0) is 6.42 Å². The SMILES string of the molecule is CCCNC(=O)NC(=O)COC(=O)Cn1ccc(=O)[nH]c1=O. The van der Waals surface area contributed by atoms with Gasteiger partial charge in [0.25, 0.3) is 11.5 Å². The van der Waals surface area contributed by atoms with Crippen LogP contribution in [0.5, 0.6) is 0 Å². The van der Waals surface area contributed by atoms with Gasteiger partial charge < -0.3 is 10.1 Å². The van der Waals surface area contributed by atoms with E-state index >= 15 is 0 Å². The number of urea groups is 1. The molecule has 10 heteroatoms. The standard InChI is InChI=1S/C12H16N4O6/c1-2-4-13-11(20)14-9(18)7-22-10(19)6-16-5-3-8(17)15-12(16)21/h3,5H,2,4,6-7H2,1H3,(H,15,17,21)(H2,13,14,18,20). The van der Waals surface area contributed by atoms with Gasteiger partial charge in [0, 0.05) is 18.8 Å². The van der Waals surface area contributed by atoms with E-state index in [0.29, 0.717) is 13.0 Å². The zero-order valence-corrected chi connectivity index (χ0v) is 11.9. The van der Waals surface area contributed by atoms with Crippen LogP contribution in [-0.2, 0) is 20.9 Å². The molecular weight excluding hydrogens is 296 g/mol. The first kappa shape index (κ1) is 17.1. The molecule has 0 fully saturated rings. The quantitative estimate of drug-likeness (QED) is 0.536. The number of rotatable bonds is 6. The molecule has 120 valence electrons. The van der Waals surface area contributed by atoms with Gasteiger partial charge in [-0.1, -0.05) is 6.92 Å². The number of carbonyl (C=O) groups is 3. The Morgan fingerprint density at radius 2 is 2.05 bits per heavy atom. The molecule has 1 heterocycles. The number of nitrogens with one attached hydrogen (secondary N) is 3. The lowest BCUT2D eigenvalue weighted by atomic mass is 10.5. The Morgan fingerprint density at radius 3 is 2.68 bits per heavy atom. The van der Waals surface area contributed by atoms with E-state index in [1.165, 1.54) is 0 Å². The maximum absolute atomic E-state index is 11.5. The highest BCUT2D eigenvalue weighted by Gasteiger charge is 2.11. The summed E-state index contributed by atoms with van der Waals surface area (Å²) in [5.41, 5.74) is -1.36. The van der Waals surface area contributed by atoms with Crippen LogP contribution in [0.15, 0.2) is 21.9 Å². The molecule has 3 N–H and O–H groups in total. The first-order chi connectivity index (χ1) is 10.4. The lowest BCUT2D eigenvalue weighted by molar-refractivity contribution is -0.148. The Balaban J connectivity index is 2.39. The molecule has 0 aromatic carbocycles. The molecule has 0 aliphatic heterocycles. The Bertz CT molecular complexity index is 662. The van der Waals surface area contributed by atoms with Gasteiger partial charge in [-0.3, -0.25) is 29.3 Å². The van der Waals surface area contributed by atoms with Crippen molar-refractivity contribution < 1.29 is 19.1 Å². The average molecular weight is 312 g/mol. The highest BCUT2D eigenvalue weighted by molar-refractivity contribution is 5.95. The van der Waals surface area contributed by atoms with Crippen molar-refractivity contribution >= 4 is 17.9 Å². The zero-order valence-electron chi connectivity index (χ0n) is 11.9. The third-order valence-corrected chi connectivity index (χ3v) is 2.35. The molecule has 0 saturated heterocycles. The minimum Gasteiger partial charge on any atom is -0.454 e. The molecule has 0 unspecified atom stereocenters. The molecule has 0 spiro atoms. The van der Waals surface area contributed by atoms with E-state index in [2.05, 4.69) is 10.1 Å². The molecule has 0 aliphatic rings. The van der Waals surface area contributed by atoms with Crippen molar-refractivity contribution in [3.8, 4) is 0 Å². The largest absolute Gasteiger partial charge is 0.454 e. The summed E-state index contributed by atoms with van der Waals surface area (Å²) < 4.78 is 5.53.